The van der Waals surface area contributed by atoms with Gasteiger partial charge in [0.1, 0.15) is 12.9 Å². The Bertz CT molecular complexity index is 341. The summed E-state index contributed by atoms with van der Waals surface area (Å²) in [5.74, 6) is -0.333. The van der Waals surface area contributed by atoms with Crippen molar-refractivity contribution in [1.29, 1.82) is 0 Å². The largest absolute Gasteiger partial charge is 0.399 e. The molecule has 0 saturated heterocycles. The molecule has 0 amide bonds. The zero-order valence-electron chi connectivity index (χ0n) is 6.72. The van der Waals surface area contributed by atoms with Crippen LogP contribution in [0.1, 0.15) is 5.56 Å². The number of rotatable bonds is 2. The smallest absolute Gasteiger partial charge is 0.138 e. The van der Waals surface area contributed by atoms with Crippen molar-refractivity contribution in [3.63, 3.8) is 0 Å². The van der Waals surface area contributed by atoms with E-state index in [9.17, 15) is 4.39 Å². The van der Waals surface area contributed by atoms with Crippen molar-refractivity contribution < 1.29 is 9.23 Å². The summed E-state index contributed by atoms with van der Waals surface area (Å²) in [7, 11) is 1.43. The fourth-order valence-electron chi connectivity index (χ4n) is 0.767. The third kappa shape index (κ3) is 2.51. The minimum absolute atomic E-state index is 0.333. The molecule has 0 bridgehead atoms. The number of benzene rings is 1. The topological polar surface area (TPSA) is 21.6 Å². The highest BCUT2D eigenvalue weighted by Crippen LogP contribution is 2.26. The van der Waals surface area contributed by atoms with Gasteiger partial charge in [-0.1, -0.05) is 21.1 Å². The Labute approximate surface area is 92.0 Å². The van der Waals surface area contributed by atoms with Crippen LogP contribution in [0.5, 0.6) is 0 Å². The second kappa shape index (κ2) is 4.72. The van der Waals surface area contributed by atoms with Crippen molar-refractivity contribution in [3.05, 3.63) is 32.5 Å². The van der Waals surface area contributed by atoms with E-state index in [1.165, 1.54) is 19.4 Å². The minimum atomic E-state index is -0.333. The SMILES string of the molecule is CO/N=C/c1c(Br)ccc(F)c1Br. The predicted molar refractivity (Wildman–Crippen MR) is 56.4 cm³/mol. The molecule has 0 aliphatic carbocycles. The maximum absolute atomic E-state index is 13.0. The molecule has 0 aliphatic heterocycles. The first-order valence-electron chi connectivity index (χ1n) is 3.37. The van der Waals surface area contributed by atoms with Gasteiger partial charge in [0.2, 0.25) is 0 Å². The van der Waals surface area contributed by atoms with E-state index in [4.69, 9.17) is 0 Å². The van der Waals surface area contributed by atoms with E-state index in [0.29, 0.717) is 10.0 Å². The number of oxime groups is 1. The fourth-order valence-corrected chi connectivity index (χ4v) is 1.91. The van der Waals surface area contributed by atoms with Crippen LogP contribution in [0.4, 0.5) is 4.39 Å². The van der Waals surface area contributed by atoms with Gasteiger partial charge in [0.25, 0.3) is 0 Å². The lowest BCUT2D eigenvalue weighted by molar-refractivity contribution is 0.215. The number of nitrogens with zero attached hydrogens (tertiary/aromatic N) is 1. The van der Waals surface area contributed by atoms with E-state index in [-0.39, 0.29) is 5.82 Å². The fraction of sp³-hybridized carbons (Fsp3) is 0.125. The summed E-state index contributed by atoms with van der Waals surface area (Å²) in [6, 6.07) is 2.97. The second-order valence-corrected chi connectivity index (χ2v) is 3.82. The van der Waals surface area contributed by atoms with Gasteiger partial charge in [-0.3, -0.25) is 0 Å². The highest BCUT2D eigenvalue weighted by Gasteiger charge is 2.07. The van der Waals surface area contributed by atoms with Crippen LogP contribution >= 0.6 is 31.9 Å². The minimum Gasteiger partial charge on any atom is -0.399 e. The molecule has 13 heavy (non-hydrogen) atoms. The van der Waals surface area contributed by atoms with Crippen molar-refractivity contribution in [1.82, 2.24) is 0 Å². The Morgan fingerprint density at radius 2 is 2.15 bits per heavy atom. The number of halogens is 3. The van der Waals surface area contributed by atoms with Gasteiger partial charge < -0.3 is 4.84 Å². The molecule has 0 saturated carbocycles. The van der Waals surface area contributed by atoms with Gasteiger partial charge in [-0.05, 0) is 28.1 Å². The molecule has 0 heterocycles. The molecule has 70 valence electrons. The highest BCUT2D eigenvalue weighted by molar-refractivity contribution is 9.11. The van der Waals surface area contributed by atoms with E-state index in [2.05, 4.69) is 41.9 Å². The standard InChI is InChI=1S/C8H6Br2FNO/c1-13-12-4-5-6(9)2-3-7(11)8(5)10/h2-4H,1H3/b12-4+. The molecular weight excluding hydrogens is 305 g/mol. The highest BCUT2D eigenvalue weighted by atomic mass is 79.9. The monoisotopic (exact) mass is 309 g/mol. The van der Waals surface area contributed by atoms with Crippen molar-refractivity contribution in [2.45, 2.75) is 0 Å². The lowest BCUT2D eigenvalue weighted by atomic mass is 10.2. The van der Waals surface area contributed by atoms with Crippen LogP contribution < -0.4 is 0 Å². The Balaban J connectivity index is 3.17. The van der Waals surface area contributed by atoms with Crippen LogP contribution in [-0.2, 0) is 4.84 Å². The van der Waals surface area contributed by atoms with Crippen molar-refractivity contribution in [3.8, 4) is 0 Å². The van der Waals surface area contributed by atoms with Crippen LogP contribution in [0.25, 0.3) is 0 Å². The van der Waals surface area contributed by atoms with E-state index in [1.54, 1.807) is 6.07 Å². The molecule has 0 spiro atoms. The van der Waals surface area contributed by atoms with Crippen molar-refractivity contribution in [2.75, 3.05) is 7.11 Å². The quantitative estimate of drug-likeness (QED) is 0.466. The van der Waals surface area contributed by atoms with Crippen LogP contribution in [0, 0.1) is 5.82 Å². The molecule has 0 fully saturated rings. The molecule has 0 N–H and O–H groups in total. The van der Waals surface area contributed by atoms with E-state index >= 15 is 0 Å². The van der Waals surface area contributed by atoms with E-state index in [0.717, 1.165) is 4.47 Å². The van der Waals surface area contributed by atoms with Gasteiger partial charge in [-0.15, -0.1) is 0 Å². The number of hydrogen-bond acceptors (Lipinski definition) is 2. The van der Waals surface area contributed by atoms with Crippen LogP contribution in [0.2, 0.25) is 0 Å². The van der Waals surface area contributed by atoms with Crippen molar-refractivity contribution in [2.24, 2.45) is 5.16 Å². The Morgan fingerprint density at radius 3 is 2.77 bits per heavy atom. The molecular formula is C8H6Br2FNO. The molecule has 2 nitrogen and oxygen atoms in total. The van der Waals surface area contributed by atoms with Gasteiger partial charge in [0, 0.05) is 10.0 Å². The summed E-state index contributed by atoms with van der Waals surface area (Å²) in [5, 5.41) is 3.55. The summed E-state index contributed by atoms with van der Waals surface area (Å²) in [6.07, 6.45) is 1.43. The zero-order valence-corrected chi connectivity index (χ0v) is 9.89. The average molecular weight is 311 g/mol. The predicted octanol–water partition coefficient (Wildman–Crippen LogP) is 3.33. The van der Waals surface area contributed by atoms with Gasteiger partial charge in [-0.2, -0.15) is 0 Å². The first-order valence-corrected chi connectivity index (χ1v) is 4.95. The van der Waals surface area contributed by atoms with E-state index in [1.807, 2.05) is 0 Å². The summed E-state index contributed by atoms with van der Waals surface area (Å²) in [6.45, 7) is 0. The van der Waals surface area contributed by atoms with E-state index < -0.39 is 0 Å². The molecule has 5 heteroatoms. The zero-order chi connectivity index (χ0) is 9.84. The van der Waals surface area contributed by atoms with Crippen molar-refractivity contribution >= 4 is 38.1 Å². The first-order chi connectivity index (χ1) is 6.16. The lowest BCUT2D eigenvalue weighted by Gasteiger charge is -2.01. The molecule has 1 rings (SSSR count). The first kappa shape index (κ1) is 10.7. The van der Waals surface area contributed by atoms with Gasteiger partial charge in [0.05, 0.1) is 10.7 Å². The molecule has 0 aromatic heterocycles. The van der Waals surface area contributed by atoms with Crippen LogP contribution in [0.3, 0.4) is 0 Å². The van der Waals surface area contributed by atoms with Gasteiger partial charge in [-0.25, -0.2) is 4.39 Å². The molecule has 1 aromatic carbocycles. The molecule has 0 aliphatic rings. The van der Waals surface area contributed by atoms with Crippen LogP contribution in [-0.4, -0.2) is 13.3 Å². The summed E-state index contributed by atoms with van der Waals surface area (Å²) < 4.78 is 14.1. The summed E-state index contributed by atoms with van der Waals surface area (Å²) in [5.41, 5.74) is 0.613. The summed E-state index contributed by atoms with van der Waals surface area (Å²) in [4.78, 5) is 4.50. The normalized spacial score (nSPS) is 10.8. The molecule has 0 atom stereocenters. The average Bonchev–Trinajstić information content (AvgIpc) is 2.12. The maximum atomic E-state index is 13.0. The summed E-state index contributed by atoms with van der Waals surface area (Å²) >= 11 is 6.38. The van der Waals surface area contributed by atoms with Gasteiger partial charge in [0.15, 0.2) is 0 Å². The molecule has 1 aromatic rings. The van der Waals surface area contributed by atoms with Gasteiger partial charge >= 0.3 is 0 Å². The Kier molecular flexibility index (Phi) is 3.87. The number of hydrogen-bond donors (Lipinski definition) is 0. The molecule has 0 unspecified atom stereocenters. The molecule has 0 radical (unpaired) electrons. The Morgan fingerprint density at radius 1 is 1.46 bits per heavy atom. The third-order valence-electron chi connectivity index (χ3n) is 1.37. The second-order valence-electron chi connectivity index (χ2n) is 2.17. The van der Waals surface area contributed by atoms with Crippen LogP contribution in [0.15, 0.2) is 26.2 Å². The maximum Gasteiger partial charge on any atom is 0.138 e. The third-order valence-corrected chi connectivity index (χ3v) is 2.86. The lowest BCUT2D eigenvalue weighted by Crippen LogP contribution is -1.90. The Hall–Kier alpha value is -0.420.